The molecule has 0 aliphatic carbocycles. The number of nitrogens with zero attached hydrogens (tertiary/aromatic N) is 5. The minimum atomic E-state index is 0. The predicted molar refractivity (Wildman–Crippen MR) is 119 cm³/mol. The van der Waals surface area contributed by atoms with Crippen molar-refractivity contribution in [2.24, 2.45) is 4.99 Å². The summed E-state index contributed by atoms with van der Waals surface area (Å²) in [7, 11) is 3.83. The van der Waals surface area contributed by atoms with Crippen molar-refractivity contribution in [3.63, 3.8) is 0 Å². The van der Waals surface area contributed by atoms with Crippen LogP contribution in [0.25, 0.3) is 5.65 Å². The molecule has 0 fully saturated rings. The highest BCUT2D eigenvalue weighted by Gasteiger charge is 2.09. The van der Waals surface area contributed by atoms with Crippen molar-refractivity contribution < 1.29 is 0 Å². The first kappa shape index (κ1) is 20.6. The van der Waals surface area contributed by atoms with E-state index in [4.69, 9.17) is 4.98 Å². The first-order valence-corrected chi connectivity index (χ1v) is 9.21. The molecule has 0 bridgehead atoms. The van der Waals surface area contributed by atoms with Crippen LogP contribution in [0.4, 0.5) is 0 Å². The van der Waals surface area contributed by atoms with Crippen LogP contribution in [0.5, 0.6) is 0 Å². The summed E-state index contributed by atoms with van der Waals surface area (Å²) < 4.78 is 2.08. The fourth-order valence-electron chi connectivity index (χ4n) is 2.81. The van der Waals surface area contributed by atoms with E-state index >= 15 is 0 Å². The number of guanidine groups is 1. The molecule has 3 rings (SSSR count). The van der Waals surface area contributed by atoms with Gasteiger partial charge in [-0.15, -0.1) is 35.3 Å². The van der Waals surface area contributed by atoms with E-state index in [9.17, 15) is 0 Å². The third kappa shape index (κ3) is 4.94. The fourth-order valence-corrected chi connectivity index (χ4v) is 3.41. The van der Waals surface area contributed by atoms with Crippen LogP contribution in [0.1, 0.15) is 22.0 Å². The largest absolute Gasteiger partial charge is 0.356 e. The minimum absolute atomic E-state index is 0. The van der Waals surface area contributed by atoms with Gasteiger partial charge in [-0.3, -0.25) is 4.99 Å². The number of imidazole rings is 1. The van der Waals surface area contributed by atoms with Crippen LogP contribution in [0, 0.1) is 13.8 Å². The Kier molecular flexibility index (Phi) is 7.39. The molecule has 0 saturated heterocycles. The van der Waals surface area contributed by atoms with E-state index in [1.807, 2.05) is 26.2 Å². The summed E-state index contributed by atoms with van der Waals surface area (Å²) in [6.07, 6.45) is 4.98. The van der Waals surface area contributed by atoms with E-state index in [2.05, 4.69) is 49.2 Å². The van der Waals surface area contributed by atoms with Gasteiger partial charge in [-0.2, -0.15) is 0 Å². The lowest BCUT2D eigenvalue weighted by molar-refractivity contribution is 0.471. The zero-order chi connectivity index (χ0) is 17.8. The summed E-state index contributed by atoms with van der Waals surface area (Å²) in [5, 5.41) is 6.59. The summed E-state index contributed by atoms with van der Waals surface area (Å²) in [6.45, 7) is 5.65. The van der Waals surface area contributed by atoms with Crippen molar-refractivity contribution in [2.75, 3.05) is 20.6 Å². The molecule has 140 valence electrons. The van der Waals surface area contributed by atoms with E-state index in [1.54, 1.807) is 18.4 Å². The maximum absolute atomic E-state index is 4.71. The van der Waals surface area contributed by atoms with Crippen LogP contribution >= 0.6 is 35.3 Å². The Labute approximate surface area is 175 Å². The Hall–Kier alpha value is -1.68. The number of aryl methyl sites for hydroxylation is 2. The number of aliphatic imine (C=N–C) groups is 1. The molecule has 0 aliphatic rings. The SMILES string of the molecule is CN=C(NCCc1cn2cccc(C)c2n1)N(C)Cc1csc(C)n1.I. The molecule has 0 aliphatic heterocycles. The van der Waals surface area contributed by atoms with Gasteiger partial charge in [0.05, 0.1) is 22.9 Å². The summed E-state index contributed by atoms with van der Waals surface area (Å²) in [4.78, 5) is 15.7. The van der Waals surface area contributed by atoms with Gasteiger partial charge in [-0.05, 0) is 25.5 Å². The molecule has 0 spiro atoms. The molecule has 0 amide bonds. The van der Waals surface area contributed by atoms with E-state index in [-0.39, 0.29) is 24.0 Å². The van der Waals surface area contributed by atoms with Gasteiger partial charge >= 0.3 is 0 Å². The second-order valence-electron chi connectivity index (χ2n) is 6.09. The lowest BCUT2D eigenvalue weighted by atomic mass is 10.3. The highest BCUT2D eigenvalue weighted by molar-refractivity contribution is 14.0. The lowest BCUT2D eigenvalue weighted by Crippen LogP contribution is -2.39. The Balaban J connectivity index is 0.00000243. The molecule has 3 aromatic rings. The summed E-state index contributed by atoms with van der Waals surface area (Å²) in [6, 6.07) is 4.13. The summed E-state index contributed by atoms with van der Waals surface area (Å²) in [5.41, 5.74) is 4.37. The molecule has 6 nitrogen and oxygen atoms in total. The first-order chi connectivity index (χ1) is 12.1. The molecule has 3 heterocycles. The second kappa shape index (κ2) is 9.31. The van der Waals surface area contributed by atoms with Crippen LogP contribution < -0.4 is 5.32 Å². The Morgan fingerprint density at radius 1 is 1.31 bits per heavy atom. The number of nitrogens with one attached hydrogen (secondary N) is 1. The van der Waals surface area contributed by atoms with Crippen LogP contribution in [0.3, 0.4) is 0 Å². The number of pyridine rings is 1. The van der Waals surface area contributed by atoms with Crippen LogP contribution in [0.2, 0.25) is 0 Å². The normalized spacial score (nSPS) is 11.5. The molecular weight excluding hydrogens is 459 g/mol. The van der Waals surface area contributed by atoms with E-state index in [1.165, 1.54) is 5.56 Å². The molecule has 3 aromatic heterocycles. The smallest absolute Gasteiger partial charge is 0.193 e. The number of thiazole rings is 1. The maximum atomic E-state index is 4.71. The van der Waals surface area contributed by atoms with Gasteiger partial charge in [0.25, 0.3) is 0 Å². The van der Waals surface area contributed by atoms with E-state index in [0.29, 0.717) is 0 Å². The van der Waals surface area contributed by atoms with Crippen LogP contribution in [-0.4, -0.2) is 45.9 Å². The zero-order valence-corrected chi connectivity index (χ0v) is 18.7. The van der Waals surface area contributed by atoms with Crippen LogP contribution in [0.15, 0.2) is 34.9 Å². The van der Waals surface area contributed by atoms with Crippen molar-refractivity contribution in [1.82, 2.24) is 24.6 Å². The molecular formula is C18H25IN6S. The van der Waals surface area contributed by atoms with Gasteiger partial charge in [0, 0.05) is 44.8 Å². The molecule has 0 saturated carbocycles. The molecule has 0 unspecified atom stereocenters. The van der Waals surface area contributed by atoms with Crippen LogP contribution in [-0.2, 0) is 13.0 Å². The summed E-state index contributed by atoms with van der Waals surface area (Å²) >= 11 is 1.68. The number of fused-ring (bicyclic) bond motifs is 1. The second-order valence-corrected chi connectivity index (χ2v) is 7.15. The van der Waals surface area contributed by atoms with Gasteiger partial charge in [0.15, 0.2) is 5.96 Å². The quantitative estimate of drug-likeness (QED) is 0.343. The Morgan fingerprint density at radius 2 is 2.12 bits per heavy atom. The first-order valence-electron chi connectivity index (χ1n) is 8.33. The number of hydrogen-bond acceptors (Lipinski definition) is 4. The Morgan fingerprint density at radius 3 is 2.77 bits per heavy atom. The minimum Gasteiger partial charge on any atom is -0.356 e. The molecule has 0 aromatic carbocycles. The molecule has 1 N–H and O–H groups in total. The van der Waals surface area contributed by atoms with Gasteiger partial charge in [0.1, 0.15) is 5.65 Å². The van der Waals surface area contributed by atoms with Gasteiger partial charge in [-0.25, -0.2) is 9.97 Å². The van der Waals surface area contributed by atoms with E-state index in [0.717, 1.165) is 47.5 Å². The molecule has 8 heteroatoms. The Bertz CT molecular complexity index is 885. The standard InChI is InChI=1S/C18H24N6S.HI/c1-13-6-5-9-24-11-15(22-17(13)24)7-8-20-18(19-3)23(4)10-16-12-25-14(2)21-16;/h5-6,9,11-12H,7-8,10H2,1-4H3,(H,19,20);1H. The zero-order valence-electron chi connectivity index (χ0n) is 15.6. The topological polar surface area (TPSA) is 57.8 Å². The number of aromatic nitrogens is 3. The molecule has 0 radical (unpaired) electrons. The average Bonchev–Trinajstić information content (AvgIpc) is 3.18. The average molecular weight is 484 g/mol. The highest BCUT2D eigenvalue weighted by atomic mass is 127. The number of halogens is 1. The lowest BCUT2D eigenvalue weighted by Gasteiger charge is -2.21. The van der Waals surface area contributed by atoms with Gasteiger partial charge in [-0.1, -0.05) is 6.07 Å². The van der Waals surface area contributed by atoms with Gasteiger partial charge in [0.2, 0.25) is 0 Å². The molecule has 0 atom stereocenters. The fraction of sp³-hybridized carbons (Fsp3) is 0.389. The van der Waals surface area contributed by atoms with Crippen molar-refractivity contribution in [1.29, 1.82) is 0 Å². The summed E-state index contributed by atoms with van der Waals surface area (Å²) in [5.74, 6) is 0.866. The monoisotopic (exact) mass is 484 g/mol. The van der Waals surface area contributed by atoms with E-state index < -0.39 is 0 Å². The third-order valence-electron chi connectivity index (χ3n) is 4.03. The third-order valence-corrected chi connectivity index (χ3v) is 4.85. The van der Waals surface area contributed by atoms with Crippen molar-refractivity contribution >= 4 is 46.9 Å². The maximum Gasteiger partial charge on any atom is 0.193 e. The molecule has 26 heavy (non-hydrogen) atoms. The van der Waals surface area contributed by atoms with Crippen molar-refractivity contribution in [3.8, 4) is 0 Å². The predicted octanol–water partition coefficient (Wildman–Crippen LogP) is 3.28. The highest BCUT2D eigenvalue weighted by Crippen LogP contribution is 2.11. The van der Waals surface area contributed by atoms with Gasteiger partial charge < -0.3 is 14.6 Å². The van der Waals surface area contributed by atoms with Crippen molar-refractivity contribution in [2.45, 2.75) is 26.8 Å². The number of rotatable bonds is 5. The van der Waals surface area contributed by atoms with Crippen molar-refractivity contribution in [3.05, 3.63) is 51.9 Å². The number of hydrogen-bond donors (Lipinski definition) is 1.